The number of hydrogen-bond donors (Lipinski definition) is 1. The largest absolute Gasteiger partial charge is 0.476 e. The molecule has 0 saturated carbocycles. The first kappa shape index (κ1) is 12.2. The highest BCUT2D eigenvalue weighted by Gasteiger charge is 2.32. The van der Waals surface area contributed by atoms with Crippen LogP contribution in [-0.4, -0.2) is 26.1 Å². The van der Waals surface area contributed by atoms with Gasteiger partial charge in [-0.3, -0.25) is 0 Å². The fraction of sp³-hybridized carbons (Fsp3) is 0.182. The van der Waals surface area contributed by atoms with E-state index in [1.807, 2.05) is 0 Å². The van der Waals surface area contributed by atoms with Crippen LogP contribution in [0.15, 0.2) is 36.5 Å². The van der Waals surface area contributed by atoms with Crippen molar-refractivity contribution in [1.82, 2.24) is 15.0 Å². The number of aromatic carboxylic acids is 1. The molecule has 0 unspecified atom stereocenters. The molecule has 0 aliphatic carbocycles. The molecule has 0 radical (unpaired) electrons. The Balaban J connectivity index is 2.19. The van der Waals surface area contributed by atoms with Gasteiger partial charge in [-0.15, -0.1) is 5.10 Å². The summed E-state index contributed by atoms with van der Waals surface area (Å²) < 4.78 is 28.4. The average molecular weight is 253 g/mol. The molecule has 7 heteroatoms. The van der Waals surface area contributed by atoms with Gasteiger partial charge in [0.05, 0.1) is 6.20 Å². The van der Waals surface area contributed by atoms with E-state index in [0.717, 1.165) is 10.9 Å². The zero-order valence-electron chi connectivity index (χ0n) is 9.12. The van der Waals surface area contributed by atoms with Crippen LogP contribution in [0.3, 0.4) is 0 Å². The van der Waals surface area contributed by atoms with E-state index in [0.29, 0.717) is 0 Å². The summed E-state index contributed by atoms with van der Waals surface area (Å²) in [6.45, 7) is -0.753. The molecule has 5 nitrogen and oxygen atoms in total. The third-order valence-corrected chi connectivity index (χ3v) is 2.31. The van der Waals surface area contributed by atoms with Crippen molar-refractivity contribution in [2.24, 2.45) is 0 Å². The van der Waals surface area contributed by atoms with E-state index in [1.54, 1.807) is 6.07 Å². The number of nitrogens with zero attached hydrogens (tertiary/aromatic N) is 3. The molecule has 0 atom stereocenters. The summed E-state index contributed by atoms with van der Waals surface area (Å²) in [7, 11) is 0. The Morgan fingerprint density at radius 3 is 2.56 bits per heavy atom. The van der Waals surface area contributed by atoms with Crippen molar-refractivity contribution in [1.29, 1.82) is 0 Å². The molecule has 18 heavy (non-hydrogen) atoms. The minimum Gasteiger partial charge on any atom is -0.476 e. The molecule has 1 aromatic carbocycles. The van der Waals surface area contributed by atoms with Crippen LogP contribution in [0.2, 0.25) is 0 Å². The fourth-order valence-electron chi connectivity index (χ4n) is 1.45. The molecule has 1 heterocycles. The molecule has 1 N–H and O–H groups in total. The van der Waals surface area contributed by atoms with Crippen molar-refractivity contribution < 1.29 is 18.7 Å². The number of hydrogen-bond acceptors (Lipinski definition) is 3. The normalized spacial score (nSPS) is 11.4. The van der Waals surface area contributed by atoms with Crippen LogP contribution < -0.4 is 0 Å². The minimum absolute atomic E-state index is 0.155. The van der Waals surface area contributed by atoms with E-state index in [4.69, 9.17) is 5.11 Å². The van der Waals surface area contributed by atoms with Crippen LogP contribution in [0, 0.1) is 0 Å². The van der Waals surface area contributed by atoms with Crippen LogP contribution in [0.25, 0.3) is 0 Å². The molecule has 0 fully saturated rings. The second-order valence-corrected chi connectivity index (χ2v) is 3.68. The molecule has 0 spiro atoms. The summed E-state index contributed by atoms with van der Waals surface area (Å²) in [5.74, 6) is -4.44. The van der Waals surface area contributed by atoms with E-state index >= 15 is 0 Å². The minimum atomic E-state index is -3.13. The topological polar surface area (TPSA) is 68.0 Å². The Kier molecular flexibility index (Phi) is 3.05. The smallest absolute Gasteiger partial charge is 0.358 e. The molecular formula is C11H9F2N3O2. The summed E-state index contributed by atoms with van der Waals surface area (Å²) in [6.07, 6.45) is 0.971. The lowest BCUT2D eigenvalue weighted by Crippen LogP contribution is -2.21. The summed E-state index contributed by atoms with van der Waals surface area (Å²) in [5, 5.41) is 15.2. The summed E-state index contributed by atoms with van der Waals surface area (Å²) in [4.78, 5) is 10.5. The van der Waals surface area contributed by atoms with Crippen LogP contribution in [0.4, 0.5) is 8.78 Å². The van der Waals surface area contributed by atoms with Gasteiger partial charge in [0.1, 0.15) is 6.54 Å². The third kappa shape index (κ3) is 2.50. The zero-order chi connectivity index (χ0) is 13.2. The Bertz CT molecular complexity index is 554. The average Bonchev–Trinajstić information content (AvgIpc) is 2.78. The summed E-state index contributed by atoms with van der Waals surface area (Å²) >= 11 is 0. The predicted octanol–water partition coefficient (Wildman–Crippen LogP) is 1.77. The predicted molar refractivity (Wildman–Crippen MR) is 57.3 cm³/mol. The van der Waals surface area contributed by atoms with E-state index in [2.05, 4.69) is 10.3 Å². The Hall–Kier alpha value is -2.31. The van der Waals surface area contributed by atoms with Gasteiger partial charge in [0.2, 0.25) is 0 Å². The highest BCUT2D eigenvalue weighted by atomic mass is 19.3. The monoisotopic (exact) mass is 253 g/mol. The van der Waals surface area contributed by atoms with Gasteiger partial charge in [-0.05, 0) is 0 Å². The van der Waals surface area contributed by atoms with Crippen molar-refractivity contribution >= 4 is 5.97 Å². The lowest BCUT2D eigenvalue weighted by Gasteiger charge is -2.15. The molecular weight excluding hydrogens is 244 g/mol. The lowest BCUT2D eigenvalue weighted by atomic mass is 10.1. The number of benzene rings is 1. The molecule has 2 rings (SSSR count). The third-order valence-electron chi connectivity index (χ3n) is 2.31. The van der Waals surface area contributed by atoms with Gasteiger partial charge in [0, 0.05) is 5.56 Å². The van der Waals surface area contributed by atoms with Crippen LogP contribution in [-0.2, 0) is 12.5 Å². The van der Waals surface area contributed by atoms with Crippen LogP contribution >= 0.6 is 0 Å². The van der Waals surface area contributed by atoms with Gasteiger partial charge >= 0.3 is 5.97 Å². The molecule has 1 aromatic heterocycles. The van der Waals surface area contributed by atoms with Gasteiger partial charge in [0.15, 0.2) is 5.69 Å². The van der Waals surface area contributed by atoms with Crippen molar-refractivity contribution in [3.63, 3.8) is 0 Å². The second kappa shape index (κ2) is 4.52. The van der Waals surface area contributed by atoms with E-state index < -0.39 is 18.4 Å². The Morgan fingerprint density at radius 2 is 2.00 bits per heavy atom. The number of alkyl halides is 2. The van der Waals surface area contributed by atoms with Crippen LogP contribution in [0.1, 0.15) is 16.1 Å². The number of carbonyl (C=O) groups is 1. The lowest BCUT2D eigenvalue weighted by molar-refractivity contribution is -0.0258. The van der Waals surface area contributed by atoms with E-state index in [1.165, 1.54) is 24.3 Å². The SMILES string of the molecule is O=C(O)c1cn(CC(F)(F)c2ccccc2)nn1. The summed E-state index contributed by atoms with van der Waals surface area (Å²) in [6, 6.07) is 7.25. The Morgan fingerprint density at radius 1 is 1.33 bits per heavy atom. The number of rotatable bonds is 4. The van der Waals surface area contributed by atoms with Gasteiger partial charge in [-0.25, -0.2) is 9.48 Å². The molecule has 0 aliphatic rings. The second-order valence-electron chi connectivity index (χ2n) is 3.68. The van der Waals surface area contributed by atoms with E-state index in [9.17, 15) is 13.6 Å². The number of carboxylic acid groups (broad SMARTS) is 1. The maximum atomic E-state index is 13.8. The molecule has 0 amide bonds. The molecule has 2 aromatic rings. The van der Waals surface area contributed by atoms with Crippen LogP contribution in [0.5, 0.6) is 0 Å². The van der Waals surface area contributed by atoms with Gasteiger partial charge < -0.3 is 5.11 Å². The first-order valence-electron chi connectivity index (χ1n) is 5.06. The van der Waals surface area contributed by atoms with Crippen molar-refractivity contribution in [3.8, 4) is 0 Å². The number of aromatic nitrogens is 3. The molecule has 94 valence electrons. The maximum absolute atomic E-state index is 13.8. The quantitative estimate of drug-likeness (QED) is 0.901. The van der Waals surface area contributed by atoms with Gasteiger partial charge in [-0.2, -0.15) is 8.78 Å². The fourth-order valence-corrected chi connectivity index (χ4v) is 1.45. The van der Waals surface area contributed by atoms with Crippen molar-refractivity contribution in [3.05, 3.63) is 47.8 Å². The number of carboxylic acids is 1. The number of halogens is 2. The molecule has 0 aliphatic heterocycles. The van der Waals surface area contributed by atoms with Crippen molar-refractivity contribution in [2.45, 2.75) is 12.5 Å². The standard InChI is InChI=1S/C11H9F2N3O2/c12-11(13,8-4-2-1-3-5-8)7-16-6-9(10(17)18)14-15-16/h1-6H,7H2,(H,17,18). The van der Waals surface area contributed by atoms with Crippen molar-refractivity contribution in [2.75, 3.05) is 0 Å². The van der Waals surface area contributed by atoms with Gasteiger partial charge in [-0.1, -0.05) is 35.5 Å². The van der Waals surface area contributed by atoms with E-state index in [-0.39, 0.29) is 11.3 Å². The molecule has 0 bridgehead atoms. The van der Waals surface area contributed by atoms with Gasteiger partial charge in [0.25, 0.3) is 5.92 Å². The first-order valence-corrected chi connectivity index (χ1v) is 5.06. The highest BCUT2D eigenvalue weighted by molar-refractivity contribution is 5.84. The maximum Gasteiger partial charge on any atom is 0.358 e. The summed E-state index contributed by atoms with van der Waals surface area (Å²) in [5.41, 5.74) is -0.517. The first-order chi connectivity index (χ1) is 8.49. The molecule has 0 saturated heterocycles. The zero-order valence-corrected chi connectivity index (χ0v) is 9.12. The Labute approximate surface area is 101 Å². The highest BCUT2D eigenvalue weighted by Crippen LogP contribution is 2.29.